The molecule has 1 atom stereocenters. The minimum absolute atomic E-state index is 0.0199. The summed E-state index contributed by atoms with van der Waals surface area (Å²) in [5, 5.41) is 12.7. The number of β-amino-alcohol motifs (C(OH)–C–C–N with tert-alkyl or cyclic N) is 1. The Morgan fingerprint density at radius 1 is 1.36 bits per heavy atom. The molecule has 1 aromatic heterocycles. The van der Waals surface area contributed by atoms with Crippen LogP contribution in [-0.4, -0.2) is 69.2 Å². The van der Waals surface area contributed by atoms with Gasteiger partial charge in [-0.05, 0) is 32.2 Å². The minimum atomic E-state index is -0.177. The predicted molar refractivity (Wildman–Crippen MR) is 82.2 cm³/mol. The number of nitrogens with zero attached hydrogens (tertiary/aromatic N) is 3. The number of rotatable bonds is 3. The van der Waals surface area contributed by atoms with Crippen molar-refractivity contribution in [1.82, 2.24) is 25.1 Å². The van der Waals surface area contributed by atoms with Gasteiger partial charge in [-0.15, -0.1) is 0 Å². The Kier molecular flexibility index (Phi) is 4.94. The maximum Gasteiger partial charge on any atom is 0.317 e. The molecule has 7 heteroatoms. The van der Waals surface area contributed by atoms with Gasteiger partial charge in [0.25, 0.3) is 0 Å². The van der Waals surface area contributed by atoms with E-state index in [2.05, 4.69) is 20.2 Å². The van der Waals surface area contributed by atoms with E-state index in [1.807, 2.05) is 4.90 Å². The number of carbonyl (C=O) groups excluding carboxylic acids is 1. The average Bonchev–Trinajstić information content (AvgIpc) is 3.06. The van der Waals surface area contributed by atoms with Crippen LogP contribution < -0.4 is 5.32 Å². The molecule has 0 aliphatic carbocycles. The molecule has 2 fully saturated rings. The summed E-state index contributed by atoms with van der Waals surface area (Å²) in [4.78, 5) is 23.5. The number of nitrogens with one attached hydrogen (secondary N) is 2. The van der Waals surface area contributed by atoms with Gasteiger partial charge < -0.3 is 20.3 Å². The summed E-state index contributed by atoms with van der Waals surface area (Å²) in [7, 11) is 0. The zero-order valence-corrected chi connectivity index (χ0v) is 12.9. The Bertz CT molecular complexity index is 470. The van der Waals surface area contributed by atoms with Gasteiger partial charge in [0.2, 0.25) is 0 Å². The van der Waals surface area contributed by atoms with Crippen molar-refractivity contribution in [3.05, 3.63) is 18.2 Å². The van der Waals surface area contributed by atoms with E-state index in [9.17, 15) is 9.90 Å². The number of carbonyl (C=O) groups is 1. The van der Waals surface area contributed by atoms with Crippen molar-refractivity contribution < 1.29 is 9.90 Å². The third kappa shape index (κ3) is 3.78. The van der Waals surface area contributed by atoms with Gasteiger partial charge in [-0.3, -0.25) is 4.90 Å². The molecule has 0 bridgehead atoms. The Hall–Kier alpha value is -1.60. The number of hydrogen-bond acceptors (Lipinski definition) is 4. The monoisotopic (exact) mass is 307 g/mol. The molecular weight excluding hydrogens is 282 g/mol. The Balaban J connectivity index is 1.42. The third-order valence-corrected chi connectivity index (χ3v) is 4.66. The first-order chi connectivity index (χ1) is 10.7. The van der Waals surface area contributed by atoms with Crippen LogP contribution in [0, 0.1) is 0 Å². The second-order valence-corrected chi connectivity index (χ2v) is 6.20. The summed E-state index contributed by atoms with van der Waals surface area (Å²) in [6, 6.07) is 0.484. The van der Waals surface area contributed by atoms with E-state index in [-0.39, 0.29) is 12.1 Å². The second-order valence-electron chi connectivity index (χ2n) is 6.20. The molecule has 0 saturated carbocycles. The van der Waals surface area contributed by atoms with E-state index < -0.39 is 0 Å². The summed E-state index contributed by atoms with van der Waals surface area (Å²) in [5.74, 6) is 0.769. The van der Waals surface area contributed by atoms with E-state index in [1.165, 1.54) is 0 Å². The van der Waals surface area contributed by atoms with Crippen molar-refractivity contribution in [2.45, 2.75) is 44.4 Å². The van der Waals surface area contributed by atoms with Crippen molar-refractivity contribution >= 4 is 6.03 Å². The van der Waals surface area contributed by atoms with Crippen molar-refractivity contribution in [2.24, 2.45) is 0 Å². The van der Waals surface area contributed by atoms with Crippen LogP contribution in [0.2, 0.25) is 0 Å². The fourth-order valence-corrected chi connectivity index (χ4v) is 3.41. The van der Waals surface area contributed by atoms with Crippen LogP contribution in [0.5, 0.6) is 0 Å². The van der Waals surface area contributed by atoms with Gasteiger partial charge >= 0.3 is 6.03 Å². The number of hydrogen-bond donors (Lipinski definition) is 3. The highest BCUT2D eigenvalue weighted by Gasteiger charge is 2.29. The highest BCUT2D eigenvalue weighted by molar-refractivity contribution is 5.74. The lowest BCUT2D eigenvalue weighted by atomic mass is 9.99. The SMILES string of the molecule is O=C(NCc1ncc[nH]1)N1CCC(N2CCCC(O)C2)CC1. The number of aliphatic hydroxyl groups excluding tert-OH is 1. The zero-order chi connectivity index (χ0) is 15.4. The summed E-state index contributed by atoms with van der Waals surface area (Å²) < 4.78 is 0. The molecular formula is C15H25N5O2. The van der Waals surface area contributed by atoms with E-state index in [4.69, 9.17) is 0 Å². The maximum atomic E-state index is 12.1. The smallest absolute Gasteiger partial charge is 0.317 e. The quantitative estimate of drug-likeness (QED) is 0.761. The van der Waals surface area contributed by atoms with Gasteiger partial charge in [0.15, 0.2) is 0 Å². The van der Waals surface area contributed by atoms with Gasteiger partial charge in [-0.25, -0.2) is 9.78 Å². The first-order valence-electron chi connectivity index (χ1n) is 8.15. The molecule has 0 spiro atoms. The van der Waals surface area contributed by atoms with Gasteiger partial charge in [0.1, 0.15) is 5.82 Å². The number of aromatic amines is 1. The number of aliphatic hydroxyl groups is 1. The van der Waals surface area contributed by atoms with E-state index in [0.29, 0.717) is 12.6 Å². The number of imidazole rings is 1. The molecule has 2 aliphatic heterocycles. The van der Waals surface area contributed by atoms with Gasteiger partial charge in [0.05, 0.1) is 12.6 Å². The lowest BCUT2D eigenvalue weighted by molar-refractivity contribution is 0.0291. The number of piperidine rings is 2. The second kappa shape index (κ2) is 7.11. The first kappa shape index (κ1) is 15.3. The molecule has 2 saturated heterocycles. The fraction of sp³-hybridized carbons (Fsp3) is 0.733. The number of urea groups is 1. The topological polar surface area (TPSA) is 84.5 Å². The Labute approximate surface area is 130 Å². The van der Waals surface area contributed by atoms with Crippen LogP contribution in [0.15, 0.2) is 12.4 Å². The lowest BCUT2D eigenvalue weighted by Gasteiger charge is -2.41. The summed E-state index contributed by atoms with van der Waals surface area (Å²) in [6.45, 7) is 3.86. The molecule has 3 N–H and O–H groups in total. The van der Waals surface area contributed by atoms with Crippen molar-refractivity contribution in [3.8, 4) is 0 Å². The first-order valence-corrected chi connectivity index (χ1v) is 8.15. The number of amides is 2. The largest absolute Gasteiger partial charge is 0.392 e. The predicted octanol–water partition coefficient (Wildman–Crippen LogP) is 0.540. The van der Waals surface area contributed by atoms with Gasteiger partial charge in [-0.1, -0.05) is 0 Å². The minimum Gasteiger partial charge on any atom is -0.392 e. The molecule has 0 aromatic carbocycles. The van der Waals surface area contributed by atoms with Crippen LogP contribution in [-0.2, 0) is 6.54 Å². The molecule has 2 aliphatic rings. The van der Waals surface area contributed by atoms with Crippen LogP contribution in [0.3, 0.4) is 0 Å². The molecule has 2 amide bonds. The van der Waals surface area contributed by atoms with E-state index in [0.717, 1.165) is 57.7 Å². The number of H-pyrrole nitrogens is 1. The fourth-order valence-electron chi connectivity index (χ4n) is 3.41. The van der Waals surface area contributed by atoms with Gasteiger partial charge in [0, 0.05) is 38.1 Å². The normalized spacial score (nSPS) is 24.4. The average molecular weight is 307 g/mol. The Morgan fingerprint density at radius 2 is 2.18 bits per heavy atom. The zero-order valence-electron chi connectivity index (χ0n) is 12.9. The molecule has 0 radical (unpaired) electrons. The van der Waals surface area contributed by atoms with Crippen LogP contribution in [0.25, 0.3) is 0 Å². The van der Waals surface area contributed by atoms with Crippen LogP contribution >= 0.6 is 0 Å². The Morgan fingerprint density at radius 3 is 2.86 bits per heavy atom. The maximum absolute atomic E-state index is 12.1. The molecule has 1 aromatic rings. The summed E-state index contributed by atoms with van der Waals surface area (Å²) in [5.41, 5.74) is 0. The summed E-state index contributed by atoms with van der Waals surface area (Å²) >= 11 is 0. The standard InChI is InChI=1S/C15H25N5O2/c21-13-2-1-7-20(11-13)12-3-8-19(9-4-12)15(22)18-10-14-16-5-6-17-14/h5-6,12-13,21H,1-4,7-11H2,(H,16,17)(H,18,22). The molecule has 22 heavy (non-hydrogen) atoms. The van der Waals surface area contributed by atoms with Crippen molar-refractivity contribution in [2.75, 3.05) is 26.2 Å². The van der Waals surface area contributed by atoms with E-state index in [1.54, 1.807) is 12.4 Å². The lowest BCUT2D eigenvalue weighted by Crippen LogP contribution is -2.52. The van der Waals surface area contributed by atoms with Crippen LogP contribution in [0.1, 0.15) is 31.5 Å². The molecule has 3 rings (SSSR count). The third-order valence-electron chi connectivity index (χ3n) is 4.66. The van der Waals surface area contributed by atoms with Crippen molar-refractivity contribution in [3.63, 3.8) is 0 Å². The van der Waals surface area contributed by atoms with E-state index >= 15 is 0 Å². The highest BCUT2D eigenvalue weighted by Crippen LogP contribution is 2.21. The van der Waals surface area contributed by atoms with Crippen molar-refractivity contribution in [1.29, 1.82) is 0 Å². The molecule has 7 nitrogen and oxygen atoms in total. The molecule has 1 unspecified atom stereocenters. The summed E-state index contributed by atoms with van der Waals surface area (Å²) in [6.07, 6.45) is 7.22. The highest BCUT2D eigenvalue weighted by atomic mass is 16.3. The molecule has 122 valence electrons. The van der Waals surface area contributed by atoms with Crippen LogP contribution in [0.4, 0.5) is 4.79 Å². The molecule has 3 heterocycles. The van der Waals surface area contributed by atoms with Gasteiger partial charge in [-0.2, -0.15) is 0 Å². The number of aromatic nitrogens is 2. The number of likely N-dealkylation sites (tertiary alicyclic amines) is 2.